The van der Waals surface area contributed by atoms with Gasteiger partial charge in [0.25, 0.3) is 0 Å². The van der Waals surface area contributed by atoms with Crippen molar-refractivity contribution in [2.45, 2.75) is 24.9 Å². The lowest BCUT2D eigenvalue weighted by Crippen LogP contribution is -2.35. The molecule has 2 heteroatoms. The number of hydrogen-bond acceptors (Lipinski definition) is 2. The predicted octanol–water partition coefficient (Wildman–Crippen LogP) is 6.71. The second kappa shape index (κ2) is 6.95. The molecule has 1 heterocycles. The van der Waals surface area contributed by atoms with Crippen LogP contribution >= 0.6 is 0 Å². The van der Waals surface area contributed by atoms with Gasteiger partial charge in [-0.05, 0) is 35.9 Å². The van der Waals surface area contributed by atoms with Crippen LogP contribution in [0.2, 0.25) is 0 Å². The Hall–Kier alpha value is -3.65. The average Bonchev–Trinajstić information content (AvgIpc) is 2.85. The Balaban J connectivity index is 1.67. The molecular weight excluding hydrogens is 380 g/mol. The summed E-state index contributed by atoms with van der Waals surface area (Å²) in [7, 11) is 0. The van der Waals surface area contributed by atoms with E-state index in [1.54, 1.807) is 0 Å². The van der Waals surface area contributed by atoms with Crippen molar-refractivity contribution in [1.82, 2.24) is 0 Å². The van der Waals surface area contributed by atoms with Gasteiger partial charge in [-0.15, -0.1) is 0 Å². The molecule has 0 unspecified atom stereocenters. The van der Waals surface area contributed by atoms with Crippen LogP contribution in [0.25, 0.3) is 16.8 Å². The van der Waals surface area contributed by atoms with Gasteiger partial charge in [-0.2, -0.15) is 0 Å². The van der Waals surface area contributed by atoms with Crippen LogP contribution in [0.1, 0.15) is 45.5 Å². The SMILES string of the molecule is O=C1CCCc2c1c1c(c3ccccc23)OC(c2ccccc2)(c2ccccc2)C=C1. The van der Waals surface area contributed by atoms with E-state index >= 15 is 0 Å². The highest BCUT2D eigenvalue weighted by atomic mass is 16.5. The van der Waals surface area contributed by atoms with Crippen LogP contribution in [0.15, 0.2) is 91.0 Å². The van der Waals surface area contributed by atoms with Gasteiger partial charge < -0.3 is 4.74 Å². The van der Waals surface area contributed by atoms with Crippen molar-refractivity contribution in [2.24, 2.45) is 0 Å². The maximum Gasteiger partial charge on any atom is 0.178 e. The van der Waals surface area contributed by atoms with E-state index in [0.717, 1.165) is 51.6 Å². The van der Waals surface area contributed by atoms with Crippen LogP contribution in [0.3, 0.4) is 0 Å². The van der Waals surface area contributed by atoms with Gasteiger partial charge in [-0.1, -0.05) is 84.9 Å². The van der Waals surface area contributed by atoms with E-state index < -0.39 is 5.60 Å². The minimum Gasteiger partial charge on any atom is -0.472 e. The number of Topliss-reactive ketones (excluding diaryl/α,β-unsaturated/α-hetero) is 1. The molecule has 0 aromatic heterocycles. The lowest BCUT2D eigenvalue weighted by molar-refractivity contribution is 0.0970. The Labute approximate surface area is 181 Å². The summed E-state index contributed by atoms with van der Waals surface area (Å²) >= 11 is 0. The lowest BCUT2D eigenvalue weighted by atomic mass is 9.79. The number of ketones is 1. The highest BCUT2D eigenvalue weighted by Crippen LogP contribution is 2.48. The Bertz CT molecular complexity index is 1290. The number of ether oxygens (including phenoxy) is 1. The Morgan fingerprint density at radius 2 is 1.32 bits per heavy atom. The highest BCUT2D eigenvalue weighted by molar-refractivity contribution is 6.10. The van der Waals surface area contributed by atoms with Gasteiger partial charge in [0.15, 0.2) is 11.4 Å². The van der Waals surface area contributed by atoms with E-state index in [9.17, 15) is 4.79 Å². The molecule has 1 aliphatic carbocycles. The van der Waals surface area contributed by atoms with E-state index in [4.69, 9.17) is 4.74 Å². The summed E-state index contributed by atoms with van der Waals surface area (Å²) in [6.07, 6.45) is 6.70. The zero-order chi connectivity index (χ0) is 20.8. The summed E-state index contributed by atoms with van der Waals surface area (Å²) in [5.74, 6) is 1.03. The Morgan fingerprint density at radius 1 is 0.710 bits per heavy atom. The lowest BCUT2D eigenvalue weighted by Gasteiger charge is -2.38. The normalized spacial score (nSPS) is 16.5. The van der Waals surface area contributed by atoms with Crippen molar-refractivity contribution in [2.75, 3.05) is 0 Å². The molecule has 0 radical (unpaired) electrons. The van der Waals surface area contributed by atoms with Crippen molar-refractivity contribution in [3.8, 4) is 5.75 Å². The summed E-state index contributed by atoms with van der Waals surface area (Å²) in [4.78, 5) is 13.0. The van der Waals surface area contributed by atoms with Gasteiger partial charge in [0.1, 0.15) is 5.75 Å². The van der Waals surface area contributed by atoms with Crippen molar-refractivity contribution < 1.29 is 9.53 Å². The summed E-state index contributed by atoms with van der Waals surface area (Å²) in [5.41, 5.74) is 4.34. The first kappa shape index (κ1) is 18.1. The molecule has 6 rings (SSSR count). The first-order chi connectivity index (χ1) is 15.3. The van der Waals surface area contributed by atoms with Gasteiger partial charge in [0.2, 0.25) is 0 Å². The summed E-state index contributed by atoms with van der Waals surface area (Å²) in [6.45, 7) is 0. The number of fused-ring (bicyclic) bond motifs is 6. The Kier molecular flexibility index (Phi) is 4.07. The average molecular weight is 402 g/mol. The largest absolute Gasteiger partial charge is 0.472 e. The molecule has 0 saturated heterocycles. The second-order valence-electron chi connectivity index (χ2n) is 8.32. The molecule has 0 N–H and O–H groups in total. The van der Waals surface area contributed by atoms with E-state index in [1.165, 1.54) is 5.56 Å². The topological polar surface area (TPSA) is 26.3 Å². The van der Waals surface area contributed by atoms with Crippen LogP contribution in [-0.4, -0.2) is 5.78 Å². The third-order valence-corrected chi connectivity index (χ3v) is 6.58. The highest BCUT2D eigenvalue weighted by Gasteiger charge is 2.39. The van der Waals surface area contributed by atoms with E-state index in [0.29, 0.717) is 6.42 Å². The molecule has 2 aliphatic rings. The smallest absolute Gasteiger partial charge is 0.178 e. The fraction of sp³-hybridized carbons (Fsp3) is 0.138. The Morgan fingerprint density at radius 3 is 2.00 bits per heavy atom. The number of benzene rings is 4. The molecule has 150 valence electrons. The molecule has 4 aromatic rings. The van der Waals surface area contributed by atoms with E-state index in [1.807, 2.05) is 48.5 Å². The fourth-order valence-electron chi connectivity index (χ4n) is 5.14. The molecule has 0 bridgehead atoms. The van der Waals surface area contributed by atoms with Crippen molar-refractivity contribution >= 4 is 22.6 Å². The monoisotopic (exact) mass is 402 g/mol. The first-order valence-electron chi connectivity index (χ1n) is 10.9. The molecule has 1 aliphatic heterocycles. The van der Waals surface area contributed by atoms with Crippen LogP contribution < -0.4 is 4.74 Å². The predicted molar refractivity (Wildman–Crippen MR) is 125 cm³/mol. The third-order valence-electron chi connectivity index (χ3n) is 6.58. The number of hydrogen-bond donors (Lipinski definition) is 0. The third kappa shape index (κ3) is 2.68. The molecule has 0 spiro atoms. The van der Waals surface area contributed by atoms with Gasteiger partial charge in [-0.25, -0.2) is 0 Å². The summed E-state index contributed by atoms with van der Waals surface area (Å²) in [5, 5.41) is 2.21. The summed E-state index contributed by atoms with van der Waals surface area (Å²) in [6, 6.07) is 29.0. The van der Waals surface area contributed by atoms with Crippen molar-refractivity contribution in [3.63, 3.8) is 0 Å². The molecule has 0 amide bonds. The quantitative estimate of drug-likeness (QED) is 0.372. The fourth-order valence-corrected chi connectivity index (χ4v) is 5.14. The number of carbonyl (C=O) groups is 1. The number of rotatable bonds is 2. The molecular formula is C29H22O2. The number of aryl methyl sites for hydroxylation is 1. The van der Waals surface area contributed by atoms with Crippen molar-refractivity contribution in [3.05, 3.63) is 119 Å². The minimum absolute atomic E-state index is 0.225. The van der Waals surface area contributed by atoms with Gasteiger partial charge in [0.05, 0.1) is 0 Å². The maximum absolute atomic E-state index is 13.0. The minimum atomic E-state index is -0.746. The zero-order valence-electron chi connectivity index (χ0n) is 17.2. The maximum atomic E-state index is 13.0. The molecule has 0 fully saturated rings. The van der Waals surface area contributed by atoms with Crippen LogP contribution in [-0.2, 0) is 12.0 Å². The molecule has 4 aromatic carbocycles. The summed E-state index contributed by atoms with van der Waals surface area (Å²) < 4.78 is 6.98. The van der Waals surface area contributed by atoms with Gasteiger partial charge in [-0.3, -0.25) is 4.79 Å². The van der Waals surface area contributed by atoms with Crippen LogP contribution in [0, 0.1) is 0 Å². The number of carbonyl (C=O) groups excluding carboxylic acids is 1. The first-order valence-corrected chi connectivity index (χ1v) is 10.9. The molecule has 0 saturated carbocycles. The second-order valence-corrected chi connectivity index (χ2v) is 8.32. The zero-order valence-corrected chi connectivity index (χ0v) is 17.2. The van der Waals surface area contributed by atoms with Crippen LogP contribution in [0.4, 0.5) is 0 Å². The standard InChI is InChI=1S/C29H22O2/c30-26-17-9-16-23-22-14-7-8-15-24(22)28-25(27(23)26)18-19-29(31-28,20-10-3-1-4-11-20)21-12-5-2-6-13-21/h1-8,10-15,18-19H,9,16-17H2. The molecule has 0 atom stereocenters. The van der Waals surface area contributed by atoms with E-state index in [-0.39, 0.29) is 5.78 Å². The molecule has 2 nitrogen and oxygen atoms in total. The van der Waals surface area contributed by atoms with Gasteiger partial charge >= 0.3 is 0 Å². The van der Waals surface area contributed by atoms with Crippen LogP contribution in [0.5, 0.6) is 5.75 Å². The van der Waals surface area contributed by atoms with E-state index in [2.05, 4.69) is 48.6 Å². The van der Waals surface area contributed by atoms with Crippen molar-refractivity contribution in [1.29, 1.82) is 0 Å². The van der Waals surface area contributed by atoms with Gasteiger partial charge in [0, 0.05) is 34.1 Å². The molecule has 31 heavy (non-hydrogen) atoms.